The van der Waals surface area contributed by atoms with Gasteiger partial charge in [0.15, 0.2) is 5.69 Å². The summed E-state index contributed by atoms with van der Waals surface area (Å²) in [5.41, 5.74) is -1.51. The minimum Gasteiger partial charge on any atom is -0.477 e. The van der Waals surface area contributed by atoms with E-state index in [-0.39, 0.29) is 40.1 Å². The summed E-state index contributed by atoms with van der Waals surface area (Å²) in [6.45, 7) is 1.63. The first-order valence-electron chi connectivity index (χ1n) is 10.8. The molecule has 0 atom stereocenters. The lowest BCUT2D eigenvalue weighted by Gasteiger charge is -2.23. The molecule has 0 saturated carbocycles. The van der Waals surface area contributed by atoms with Gasteiger partial charge in [-0.2, -0.15) is 18.3 Å². The lowest BCUT2D eigenvalue weighted by molar-refractivity contribution is -0.141. The number of rotatable bonds is 6. The first-order valence-corrected chi connectivity index (χ1v) is 11.9. The number of nitrogens with zero attached hydrogens (tertiary/aromatic N) is 3. The number of alkyl halides is 3. The predicted molar refractivity (Wildman–Crippen MR) is 136 cm³/mol. The van der Waals surface area contributed by atoms with Gasteiger partial charge in [0, 0.05) is 23.3 Å². The lowest BCUT2D eigenvalue weighted by Crippen LogP contribution is -2.27. The Bertz CT molecular complexity index is 1560. The number of pyridine rings is 1. The molecule has 0 bridgehead atoms. The number of benzene rings is 2. The summed E-state index contributed by atoms with van der Waals surface area (Å²) < 4.78 is 42.2. The van der Waals surface area contributed by atoms with Crippen LogP contribution in [-0.2, 0) is 19.3 Å². The highest BCUT2D eigenvalue weighted by Gasteiger charge is 2.34. The van der Waals surface area contributed by atoms with E-state index >= 15 is 0 Å². The third kappa shape index (κ3) is 5.25. The number of hydrogen-bond donors (Lipinski definition) is 1. The molecule has 1 N–H and O–H groups in total. The molecule has 0 saturated heterocycles. The summed E-state index contributed by atoms with van der Waals surface area (Å²) in [6.07, 6.45) is -3.52. The van der Waals surface area contributed by atoms with E-state index in [4.69, 9.17) is 34.8 Å². The highest BCUT2D eigenvalue weighted by atomic mass is 35.5. The molecule has 4 aromatic rings. The number of aromatic carboxylic acids is 1. The van der Waals surface area contributed by atoms with Gasteiger partial charge in [-0.05, 0) is 42.8 Å². The van der Waals surface area contributed by atoms with Gasteiger partial charge in [-0.3, -0.25) is 9.48 Å². The summed E-state index contributed by atoms with van der Waals surface area (Å²) in [7, 11) is 0. The standard InChI is InChI=1S/C25H17Cl3F3N3O3/c1-2-34-18(12-33-10-9-19(32-33)25(29,30)31)20(13-3-6-15(26)7-4-13)23(35)21(24(36)37)22(34)14-5-8-16(27)17(28)11-14/h3-11H,2,12H2,1H3,(H,36,37). The number of aromatic nitrogens is 3. The van der Waals surface area contributed by atoms with Crippen molar-refractivity contribution >= 4 is 40.8 Å². The Hall–Kier alpha value is -3.27. The Kier molecular flexibility index (Phi) is 7.41. The molecule has 4 rings (SSSR count). The normalized spacial score (nSPS) is 11.6. The second kappa shape index (κ2) is 10.2. The predicted octanol–water partition coefficient (Wildman–Crippen LogP) is 7.12. The molecule has 6 nitrogen and oxygen atoms in total. The fraction of sp³-hybridized carbons (Fsp3) is 0.160. The largest absolute Gasteiger partial charge is 0.477 e. The number of carbonyl (C=O) groups is 1. The van der Waals surface area contributed by atoms with Gasteiger partial charge in [-0.15, -0.1) is 0 Å². The number of hydrogen-bond acceptors (Lipinski definition) is 3. The molecule has 2 aromatic carbocycles. The van der Waals surface area contributed by atoms with E-state index in [1.165, 1.54) is 42.5 Å². The zero-order valence-electron chi connectivity index (χ0n) is 19.0. The number of halogens is 6. The summed E-state index contributed by atoms with van der Waals surface area (Å²) >= 11 is 18.2. The molecule has 12 heteroatoms. The second-order valence-electron chi connectivity index (χ2n) is 7.96. The van der Waals surface area contributed by atoms with E-state index in [0.29, 0.717) is 16.1 Å². The van der Waals surface area contributed by atoms with Crippen molar-refractivity contribution in [2.45, 2.75) is 26.2 Å². The van der Waals surface area contributed by atoms with Crippen LogP contribution < -0.4 is 5.43 Å². The van der Waals surface area contributed by atoms with Crippen molar-refractivity contribution in [1.82, 2.24) is 14.3 Å². The van der Waals surface area contributed by atoms with Gasteiger partial charge in [0.1, 0.15) is 5.56 Å². The van der Waals surface area contributed by atoms with Crippen LogP contribution in [0.1, 0.15) is 28.7 Å². The van der Waals surface area contributed by atoms with Crippen molar-refractivity contribution in [2.75, 3.05) is 0 Å². The van der Waals surface area contributed by atoms with Crippen molar-refractivity contribution in [3.05, 3.63) is 97.0 Å². The smallest absolute Gasteiger partial charge is 0.435 e. The molecular weight excluding hydrogens is 554 g/mol. The minimum absolute atomic E-state index is 0.00351. The Labute approximate surface area is 223 Å². The maximum atomic E-state index is 13.8. The van der Waals surface area contributed by atoms with E-state index < -0.39 is 28.8 Å². The molecular formula is C25H17Cl3F3N3O3. The number of carboxylic acids is 1. The molecule has 0 aliphatic heterocycles. The summed E-state index contributed by atoms with van der Waals surface area (Å²) in [4.78, 5) is 26.2. The maximum absolute atomic E-state index is 13.8. The van der Waals surface area contributed by atoms with E-state index in [1.807, 2.05) is 0 Å². The summed E-state index contributed by atoms with van der Waals surface area (Å²) in [6, 6.07) is 11.4. The highest BCUT2D eigenvalue weighted by Crippen LogP contribution is 2.34. The van der Waals surface area contributed by atoms with Gasteiger partial charge < -0.3 is 9.67 Å². The molecule has 0 amide bonds. The molecule has 37 heavy (non-hydrogen) atoms. The van der Waals surface area contributed by atoms with Crippen LogP contribution >= 0.6 is 34.8 Å². The molecule has 0 spiro atoms. The Morgan fingerprint density at radius 2 is 1.65 bits per heavy atom. The zero-order chi connectivity index (χ0) is 27.1. The molecule has 0 radical (unpaired) electrons. The van der Waals surface area contributed by atoms with Crippen LogP contribution in [0.15, 0.2) is 59.5 Å². The first-order chi connectivity index (χ1) is 17.4. The molecule has 192 valence electrons. The van der Waals surface area contributed by atoms with E-state index in [9.17, 15) is 27.9 Å². The van der Waals surface area contributed by atoms with Crippen molar-refractivity contribution in [1.29, 1.82) is 0 Å². The van der Waals surface area contributed by atoms with Gasteiger partial charge in [-0.25, -0.2) is 4.79 Å². The van der Waals surface area contributed by atoms with Crippen LogP contribution in [0, 0.1) is 0 Å². The number of carboxylic acid groups (broad SMARTS) is 1. The molecule has 0 fully saturated rings. The second-order valence-corrected chi connectivity index (χ2v) is 9.21. The molecule has 2 aromatic heterocycles. The Morgan fingerprint density at radius 3 is 2.19 bits per heavy atom. The summed E-state index contributed by atoms with van der Waals surface area (Å²) in [5.74, 6) is -1.48. The maximum Gasteiger partial charge on any atom is 0.435 e. The topological polar surface area (TPSA) is 77.1 Å². The van der Waals surface area contributed by atoms with Gasteiger partial charge in [-0.1, -0.05) is 53.0 Å². The monoisotopic (exact) mass is 569 g/mol. The summed E-state index contributed by atoms with van der Waals surface area (Å²) in [5, 5.41) is 14.5. The van der Waals surface area contributed by atoms with Crippen LogP contribution in [-0.4, -0.2) is 25.4 Å². The average Bonchev–Trinajstić information content (AvgIpc) is 3.31. The molecule has 0 unspecified atom stereocenters. The first kappa shape index (κ1) is 26.8. The van der Waals surface area contributed by atoms with E-state index in [1.54, 1.807) is 11.5 Å². The third-order valence-corrected chi connectivity index (χ3v) is 6.67. The van der Waals surface area contributed by atoms with E-state index in [2.05, 4.69) is 5.10 Å². The zero-order valence-corrected chi connectivity index (χ0v) is 21.3. The minimum atomic E-state index is -4.66. The fourth-order valence-electron chi connectivity index (χ4n) is 4.09. The Balaban J connectivity index is 2.10. The van der Waals surface area contributed by atoms with E-state index in [0.717, 1.165) is 16.9 Å². The fourth-order valence-corrected chi connectivity index (χ4v) is 4.52. The average molecular weight is 571 g/mol. The molecule has 0 aliphatic carbocycles. The van der Waals surface area contributed by atoms with Crippen LogP contribution in [0.3, 0.4) is 0 Å². The van der Waals surface area contributed by atoms with Crippen LogP contribution in [0.5, 0.6) is 0 Å². The molecule has 2 heterocycles. The van der Waals surface area contributed by atoms with Crippen molar-refractivity contribution in [2.24, 2.45) is 0 Å². The van der Waals surface area contributed by atoms with Gasteiger partial charge >= 0.3 is 12.1 Å². The highest BCUT2D eigenvalue weighted by molar-refractivity contribution is 6.42. The van der Waals surface area contributed by atoms with Crippen molar-refractivity contribution < 1.29 is 23.1 Å². The van der Waals surface area contributed by atoms with Crippen molar-refractivity contribution in [3.63, 3.8) is 0 Å². The lowest BCUT2D eigenvalue weighted by atomic mass is 9.95. The van der Waals surface area contributed by atoms with Gasteiger partial charge in [0.05, 0.1) is 33.5 Å². The Morgan fingerprint density at radius 1 is 1.00 bits per heavy atom. The van der Waals surface area contributed by atoms with Crippen molar-refractivity contribution in [3.8, 4) is 22.4 Å². The quantitative estimate of drug-likeness (QED) is 0.268. The van der Waals surface area contributed by atoms with Gasteiger partial charge in [0.25, 0.3) is 0 Å². The van der Waals surface area contributed by atoms with Crippen LogP contribution in [0.4, 0.5) is 13.2 Å². The SMILES string of the molecule is CCn1c(Cn2ccc(C(F)(F)F)n2)c(-c2ccc(Cl)cc2)c(=O)c(C(=O)O)c1-c1ccc(Cl)c(Cl)c1. The van der Waals surface area contributed by atoms with Crippen LogP contribution in [0.25, 0.3) is 22.4 Å². The van der Waals surface area contributed by atoms with Crippen LogP contribution in [0.2, 0.25) is 15.1 Å². The molecule has 0 aliphatic rings. The van der Waals surface area contributed by atoms with Gasteiger partial charge in [0.2, 0.25) is 5.43 Å². The third-order valence-electron chi connectivity index (χ3n) is 5.67.